The Balaban J connectivity index is 1.40. The van der Waals surface area contributed by atoms with Gasteiger partial charge in [0, 0.05) is 0 Å². The van der Waals surface area contributed by atoms with E-state index in [1.54, 1.807) is 0 Å². The second kappa shape index (κ2) is 8.46. The molecule has 0 N–H and O–H groups in total. The molecule has 0 unspecified atom stereocenters. The zero-order chi connectivity index (χ0) is 23.0. The fourth-order valence-electron chi connectivity index (χ4n) is 4.27. The Morgan fingerprint density at radius 2 is 0.758 bits per heavy atom. The molecule has 0 radical (unpaired) electrons. The van der Waals surface area contributed by atoms with Crippen molar-refractivity contribution in [2.24, 2.45) is 0 Å². The Kier molecular flexibility index (Phi) is 5.47. The van der Waals surface area contributed by atoms with E-state index in [1.807, 2.05) is 12.1 Å². The lowest BCUT2D eigenvalue weighted by atomic mass is 9.96. The normalized spacial score (nSPS) is 11.6. The van der Waals surface area contributed by atoms with Crippen LogP contribution in [0.15, 0.2) is 109 Å². The summed E-state index contributed by atoms with van der Waals surface area (Å²) < 4.78 is 13.2. The molecular formula is C31H27FSi. The third-order valence-corrected chi connectivity index (χ3v) is 8.39. The van der Waals surface area contributed by atoms with Gasteiger partial charge in [0.1, 0.15) is 5.82 Å². The van der Waals surface area contributed by atoms with Crippen molar-refractivity contribution in [3.8, 4) is 33.4 Å². The second-order valence-corrected chi connectivity index (χ2v) is 14.8. The molecule has 5 rings (SSSR count). The number of hydrogen-bond donors (Lipinski definition) is 0. The maximum atomic E-state index is 13.2. The molecular weight excluding hydrogens is 419 g/mol. The largest absolute Gasteiger partial charge is 0.207 e. The molecule has 162 valence electrons. The van der Waals surface area contributed by atoms with Crippen LogP contribution >= 0.6 is 0 Å². The van der Waals surface area contributed by atoms with Crippen molar-refractivity contribution in [1.29, 1.82) is 0 Å². The molecule has 5 aromatic rings. The number of rotatable bonds is 4. The lowest BCUT2D eigenvalue weighted by molar-refractivity contribution is 0.628. The van der Waals surface area contributed by atoms with Gasteiger partial charge in [-0.05, 0) is 68.4 Å². The molecule has 0 heterocycles. The second-order valence-electron chi connectivity index (χ2n) is 9.69. The third-order valence-electron chi connectivity index (χ3n) is 6.32. The van der Waals surface area contributed by atoms with Gasteiger partial charge < -0.3 is 0 Å². The van der Waals surface area contributed by atoms with Crippen molar-refractivity contribution in [2.45, 2.75) is 19.6 Å². The maximum absolute atomic E-state index is 13.2. The molecule has 0 aliphatic heterocycles. The molecule has 0 atom stereocenters. The lowest BCUT2D eigenvalue weighted by Gasteiger charge is -2.16. The highest BCUT2D eigenvalue weighted by atomic mass is 28.3. The van der Waals surface area contributed by atoms with Crippen molar-refractivity contribution in [3.05, 3.63) is 115 Å². The highest BCUT2D eigenvalue weighted by Gasteiger charge is 2.15. The number of fused-ring (bicyclic) bond motifs is 1. The van der Waals surface area contributed by atoms with Crippen molar-refractivity contribution in [2.75, 3.05) is 0 Å². The van der Waals surface area contributed by atoms with Gasteiger partial charge in [-0.2, -0.15) is 0 Å². The van der Waals surface area contributed by atoms with E-state index in [0.717, 1.165) is 11.1 Å². The number of benzene rings is 5. The molecule has 0 bridgehead atoms. The predicted octanol–water partition coefficient (Wildman–Crippen LogP) is 8.53. The van der Waals surface area contributed by atoms with E-state index in [2.05, 4.69) is 105 Å². The number of hydrogen-bond acceptors (Lipinski definition) is 0. The summed E-state index contributed by atoms with van der Waals surface area (Å²) in [5.41, 5.74) is 7.04. The fraction of sp³-hybridized carbons (Fsp3) is 0.0968. The predicted molar refractivity (Wildman–Crippen MR) is 143 cm³/mol. The van der Waals surface area contributed by atoms with Gasteiger partial charge in [-0.3, -0.25) is 0 Å². The smallest absolute Gasteiger partial charge is 0.123 e. The Hall–Kier alpha value is -3.49. The molecule has 0 amide bonds. The standard InChI is InChI=1S/C31H27FSi/c1-33(2,3)31-18-14-23(15-19-31)22-4-6-24(7-5-22)26-8-10-29-21-27(9-11-28(29)20-26)25-12-16-30(32)17-13-25/h4-21H,1-3H3. The number of halogens is 1. The van der Waals surface area contributed by atoms with Gasteiger partial charge in [-0.15, -0.1) is 0 Å². The minimum atomic E-state index is -1.27. The molecule has 5 aromatic carbocycles. The summed E-state index contributed by atoms with van der Waals surface area (Å²) in [5.74, 6) is -0.209. The Morgan fingerprint density at radius 3 is 1.18 bits per heavy atom. The highest BCUT2D eigenvalue weighted by Crippen LogP contribution is 2.30. The Bertz CT molecular complexity index is 1410. The molecule has 0 saturated carbocycles. The van der Waals surface area contributed by atoms with E-state index in [-0.39, 0.29) is 5.82 Å². The van der Waals surface area contributed by atoms with Crippen LogP contribution in [0.5, 0.6) is 0 Å². The maximum Gasteiger partial charge on any atom is 0.123 e. The summed E-state index contributed by atoms with van der Waals surface area (Å²) in [5, 5.41) is 3.87. The zero-order valence-electron chi connectivity index (χ0n) is 19.3. The van der Waals surface area contributed by atoms with Gasteiger partial charge in [0.05, 0.1) is 8.07 Å². The van der Waals surface area contributed by atoms with Crippen molar-refractivity contribution < 1.29 is 4.39 Å². The Morgan fingerprint density at radius 1 is 0.424 bits per heavy atom. The SMILES string of the molecule is C[Si](C)(C)c1ccc(-c2ccc(-c3ccc4cc(-c5ccc(F)cc5)ccc4c3)cc2)cc1. The van der Waals surface area contributed by atoms with Crippen LogP contribution in [0.1, 0.15) is 0 Å². The molecule has 0 fully saturated rings. The first-order valence-corrected chi connectivity index (χ1v) is 14.9. The van der Waals surface area contributed by atoms with Gasteiger partial charge in [0.2, 0.25) is 0 Å². The van der Waals surface area contributed by atoms with E-state index in [0.29, 0.717) is 0 Å². The van der Waals surface area contributed by atoms with Crippen LogP contribution in [0, 0.1) is 5.82 Å². The summed E-state index contributed by atoms with van der Waals surface area (Å²) in [7, 11) is -1.27. The monoisotopic (exact) mass is 446 g/mol. The van der Waals surface area contributed by atoms with Crippen LogP contribution in [0.3, 0.4) is 0 Å². The summed E-state index contributed by atoms with van der Waals surface area (Å²) >= 11 is 0. The molecule has 2 heteroatoms. The highest BCUT2D eigenvalue weighted by molar-refractivity contribution is 6.88. The summed E-state index contributed by atoms with van der Waals surface area (Å²) in [6, 6.07) is 37.6. The van der Waals surface area contributed by atoms with Crippen molar-refractivity contribution in [3.63, 3.8) is 0 Å². The van der Waals surface area contributed by atoms with Gasteiger partial charge in [0.15, 0.2) is 0 Å². The van der Waals surface area contributed by atoms with Crippen molar-refractivity contribution >= 4 is 24.0 Å². The van der Waals surface area contributed by atoms with Crippen LogP contribution in [0.25, 0.3) is 44.2 Å². The minimum absolute atomic E-state index is 0.209. The van der Waals surface area contributed by atoms with E-state index < -0.39 is 8.07 Å². The van der Waals surface area contributed by atoms with E-state index in [1.165, 1.54) is 50.3 Å². The van der Waals surface area contributed by atoms with Crippen LogP contribution in [-0.2, 0) is 0 Å². The quantitative estimate of drug-likeness (QED) is 0.243. The van der Waals surface area contributed by atoms with E-state index in [9.17, 15) is 4.39 Å². The molecule has 33 heavy (non-hydrogen) atoms. The van der Waals surface area contributed by atoms with Crippen LogP contribution in [-0.4, -0.2) is 8.07 Å². The van der Waals surface area contributed by atoms with Gasteiger partial charge in [-0.25, -0.2) is 4.39 Å². The fourth-order valence-corrected chi connectivity index (χ4v) is 5.43. The summed E-state index contributed by atoms with van der Waals surface area (Å²) in [6.07, 6.45) is 0. The van der Waals surface area contributed by atoms with Gasteiger partial charge in [-0.1, -0.05) is 110 Å². The lowest BCUT2D eigenvalue weighted by Crippen LogP contribution is -2.37. The van der Waals surface area contributed by atoms with Crippen LogP contribution in [0.2, 0.25) is 19.6 Å². The molecule has 0 saturated heterocycles. The first-order valence-electron chi connectivity index (χ1n) is 11.4. The van der Waals surface area contributed by atoms with Gasteiger partial charge in [0.25, 0.3) is 0 Å². The summed E-state index contributed by atoms with van der Waals surface area (Å²) in [4.78, 5) is 0. The average Bonchev–Trinajstić information content (AvgIpc) is 2.83. The van der Waals surface area contributed by atoms with Crippen molar-refractivity contribution in [1.82, 2.24) is 0 Å². The molecule has 0 aromatic heterocycles. The Labute approximate surface area is 196 Å². The van der Waals surface area contributed by atoms with E-state index >= 15 is 0 Å². The average molecular weight is 447 g/mol. The van der Waals surface area contributed by atoms with Crippen LogP contribution < -0.4 is 5.19 Å². The summed E-state index contributed by atoms with van der Waals surface area (Å²) in [6.45, 7) is 7.14. The topological polar surface area (TPSA) is 0 Å². The van der Waals surface area contributed by atoms with Crippen LogP contribution in [0.4, 0.5) is 4.39 Å². The van der Waals surface area contributed by atoms with E-state index in [4.69, 9.17) is 0 Å². The first-order chi connectivity index (χ1) is 15.9. The molecule has 0 aliphatic carbocycles. The molecule has 0 nitrogen and oxygen atoms in total. The first kappa shape index (κ1) is 21.4. The zero-order valence-corrected chi connectivity index (χ0v) is 20.3. The minimum Gasteiger partial charge on any atom is -0.207 e. The molecule has 0 spiro atoms. The molecule has 0 aliphatic rings. The third kappa shape index (κ3) is 4.53. The van der Waals surface area contributed by atoms with Gasteiger partial charge >= 0.3 is 0 Å².